The van der Waals surface area contributed by atoms with Gasteiger partial charge in [-0.3, -0.25) is 9.36 Å². The molecule has 0 spiro atoms. The lowest BCUT2D eigenvalue weighted by Crippen LogP contribution is -2.41. The molecule has 2 aromatic carbocycles. The second-order valence-electron chi connectivity index (χ2n) is 8.00. The van der Waals surface area contributed by atoms with Crippen LogP contribution >= 0.6 is 23.1 Å². The molecule has 1 atom stereocenters. The van der Waals surface area contributed by atoms with Gasteiger partial charge in [0.15, 0.2) is 15.0 Å². The van der Waals surface area contributed by atoms with E-state index in [4.69, 9.17) is 4.98 Å². The Morgan fingerprint density at radius 2 is 1.88 bits per heavy atom. The number of imidazole rings is 1. The van der Waals surface area contributed by atoms with Crippen molar-refractivity contribution in [3.8, 4) is 5.69 Å². The molecule has 1 aliphatic rings. The maximum atomic E-state index is 13.4. The van der Waals surface area contributed by atoms with Gasteiger partial charge in [-0.25, -0.2) is 13.4 Å². The van der Waals surface area contributed by atoms with Crippen molar-refractivity contribution in [3.63, 3.8) is 0 Å². The second-order valence-corrected chi connectivity index (χ2v) is 12.2. The summed E-state index contributed by atoms with van der Waals surface area (Å²) in [5.41, 5.74) is 2.84. The van der Waals surface area contributed by atoms with Gasteiger partial charge in [-0.2, -0.15) is 0 Å². The number of hydrogen-bond acceptors (Lipinski definition) is 6. The molecule has 1 saturated heterocycles. The van der Waals surface area contributed by atoms with Gasteiger partial charge in [0.25, 0.3) is 0 Å². The van der Waals surface area contributed by atoms with Crippen LogP contribution in [0.1, 0.15) is 11.3 Å². The molecule has 3 heterocycles. The van der Waals surface area contributed by atoms with Crippen LogP contribution in [0.25, 0.3) is 16.7 Å². The number of aromatic nitrogens is 2. The molecule has 1 amide bonds. The molecule has 0 bridgehead atoms. The van der Waals surface area contributed by atoms with Gasteiger partial charge in [-0.15, -0.1) is 11.3 Å². The van der Waals surface area contributed by atoms with E-state index in [9.17, 15) is 13.2 Å². The third-order valence-electron chi connectivity index (χ3n) is 5.74. The smallest absolute Gasteiger partial charge is 0.233 e. The van der Waals surface area contributed by atoms with Gasteiger partial charge in [0.2, 0.25) is 5.91 Å². The molecule has 4 aromatic rings. The van der Waals surface area contributed by atoms with Crippen LogP contribution < -0.4 is 0 Å². The number of amides is 1. The first-order chi connectivity index (χ1) is 16.0. The van der Waals surface area contributed by atoms with Gasteiger partial charge < -0.3 is 4.90 Å². The summed E-state index contributed by atoms with van der Waals surface area (Å²) < 4.78 is 26.3. The van der Waals surface area contributed by atoms with E-state index in [1.165, 1.54) is 11.8 Å². The monoisotopic (exact) mass is 497 g/mol. The Morgan fingerprint density at radius 1 is 1.09 bits per heavy atom. The van der Waals surface area contributed by atoms with Crippen LogP contribution in [0, 0.1) is 0 Å². The molecule has 1 fully saturated rings. The highest BCUT2D eigenvalue weighted by Gasteiger charge is 2.35. The minimum atomic E-state index is -3.09. The van der Waals surface area contributed by atoms with E-state index in [-0.39, 0.29) is 29.2 Å². The van der Waals surface area contributed by atoms with Gasteiger partial charge in [0.05, 0.1) is 34.8 Å². The van der Waals surface area contributed by atoms with Crippen LogP contribution in [-0.4, -0.2) is 52.1 Å². The molecule has 0 radical (unpaired) electrons. The summed E-state index contributed by atoms with van der Waals surface area (Å²) in [7, 11) is -3.09. The molecule has 1 aliphatic heterocycles. The third kappa shape index (κ3) is 4.85. The number of rotatable bonds is 7. The number of thiophene rings is 1. The highest BCUT2D eigenvalue weighted by Crippen LogP contribution is 2.29. The summed E-state index contributed by atoms with van der Waals surface area (Å²) >= 11 is 2.97. The zero-order chi connectivity index (χ0) is 22.8. The quantitative estimate of drug-likeness (QED) is 0.354. The fourth-order valence-electron chi connectivity index (χ4n) is 4.15. The topological polar surface area (TPSA) is 72.3 Å². The third-order valence-corrected chi connectivity index (χ3v) is 9.28. The van der Waals surface area contributed by atoms with Gasteiger partial charge in [0.1, 0.15) is 0 Å². The summed E-state index contributed by atoms with van der Waals surface area (Å²) in [6.07, 6.45) is 0.493. The minimum Gasteiger partial charge on any atom is -0.333 e. The molecule has 0 saturated carbocycles. The van der Waals surface area contributed by atoms with Crippen LogP contribution in [0.3, 0.4) is 0 Å². The molecule has 0 N–H and O–H groups in total. The molecule has 1 unspecified atom stereocenters. The van der Waals surface area contributed by atoms with Gasteiger partial charge in [0, 0.05) is 16.6 Å². The van der Waals surface area contributed by atoms with E-state index >= 15 is 0 Å². The Kier molecular flexibility index (Phi) is 6.27. The first kappa shape index (κ1) is 22.2. The van der Waals surface area contributed by atoms with Crippen molar-refractivity contribution in [1.82, 2.24) is 14.5 Å². The summed E-state index contributed by atoms with van der Waals surface area (Å²) in [5, 5.41) is 2.71. The molecule has 9 heteroatoms. The van der Waals surface area contributed by atoms with E-state index < -0.39 is 9.84 Å². The van der Waals surface area contributed by atoms with Gasteiger partial charge in [-0.05, 0) is 42.1 Å². The van der Waals surface area contributed by atoms with Gasteiger partial charge >= 0.3 is 0 Å². The highest BCUT2D eigenvalue weighted by atomic mass is 32.2. The standard InChI is InChI=1S/C24H23N3O3S3/c28-23(26(15-20-9-6-13-31-20)19-12-14-33(29,30)17-19)16-32-24-25-21-10-4-5-11-22(21)27(24)18-7-2-1-3-8-18/h1-11,13,19H,12,14-17H2. The summed E-state index contributed by atoms with van der Waals surface area (Å²) in [4.78, 5) is 21.0. The first-order valence-electron chi connectivity index (χ1n) is 10.7. The lowest BCUT2D eigenvalue weighted by molar-refractivity contribution is -0.130. The largest absolute Gasteiger partial charge is 0.333 e. The Hall–Kier alpha value is -2.62. The van der Waals surface area contributed by atoms with Crippen molar-refractivity contribution >= 4 is 49.9 Å². The number of benzene rings is 2. The second kappa shape index (κ2) is 9.32. The first-order valence-corrected chi connectivity index (χ1v) is 14.4. The Morgan fingerprint density at radius 3 is 2.61 bits per heavy atom. The van der Waals surface area contributed by atoms with E-state index in [0.29, 0.717) is 13.0 Å². The van der Waals surface area contributed by atoms with Crippen LogP contribution in [0.2, 0.25) is 0 Å². The fourth-order valence-corrected chi connectivity index (χ4v) is 7.50. The number of carbonyl (C=O) groups is 1. The number of fused-ring (bicyclic) bond motifs is 1. The number of nitrogens with zero attached hydrogens (tertiary/aromatic N) is 3. The lowest BCUT2D eigenvalue weighted by atomic mass is 10.2. The molecule has 2 aromatic heterocycles. The molecule has 33 heavy (non-hydrogen) atoms. The summed E-state index contributed by atoms with van der Waals surface area (Å²) in [5.74, 6) is 0.306. The molecular weight excluding hydrogens is 474 g/mol. The van der Waals surface area contributed by atoms with E-state index in [1.807, 2.05) is 72.1 Å². The normalized spacial score (nSPS) is 17.4. The predicted octanol–water partition coefficient (Wildman–Crippen LogP) is 4.40. The van der Waals surface area contributed by atoms with E-state index in [1.54, 1.807) is 16.2 Å². The molecule has 0 aliphatic carbocycles. The Labute approximate surface area is 201 Å². The van der Waals surface area contributed by atoms with Gasteiger partial charge in [-0.1, -0.05) is 48.2 Å². The van der Waals surface area contributed by atoms with Crippen molar-refractivity contribution in [2.24, 2.45) is 0 Å². The van der Waals surface area contributed by atoms with Crippen molar-refractivity contribution in [3.05, 3.63) is 77.0 Å². The maximum absolute atomic E-state index is 13.4. The zero-order valence-electron chi connectivity index (χ0n) is 17.8. The predicted molar refractivity (Wildman–Crippen MR) is 134 cm³/mol. The Balaban J connectivity index is 1.41. The summed E-state index contributed by atoms with van der Waals surface area (Å²) in [6, 6.07) is 21.5. The average Bonchev–Trinajstić information content (AvgIpc) is 3.54. The SMILES string of the molecule is O=C(CSc1nc2ccccc2n1-c1ccccc1)N(Cc1cccs1)C1CCS(=O)(=O)C1. The van der Waals surface area contributed by atoms with Crippen molar-refractivity contribution in [2.75, 3.05) is 17.3 Å². The number of para-hydroxylation sites is 3. The van der Waals surface area contributed by atoms with Crippen molar-refractivity contribution in [2.45, 2.75) is 24.2 Å². The molecular formula is C24H23N3O3S3. The average molecular weight is 498 g/mol. The van der Waals surface area contributed by atoms with E-state index in [2.05, 4.69) is 4.57 Å². The number of sulfone groups is 1. The van der Waals surface area contributed by atoms with E-state index in [0.717, 1.165) is 26.8 Å². The van der Waals surface area contributed by atoms with Crippen LogP contribution in [-0.2, 0) is 21.2 Å². The molecule has 170 valence electrons. The maximum Gasteiger partial charge on any atom is 0.233 e. The van der Waals surface area contributed by atoms with Crippen LogP contribution in [0.15, 0.2) is 77.3 Å². The van der Waals surface area contributed by atoms with Crippen molar-refractivity contribution < 1.29 is 13.2 Å². The number of carbonyl (C=O) groups excluding carboxylic acids is 1. The fraction of sp³-hybridized carbons (Fsp3) is 0.250. The summed E-state index contributed by atoms with van der Waals surface area (Å²) in [6.45, 7) is 0.437. The van der Waals surface area contributed by atoms with Crippen LogP contribution in [0.4, 0.5) is 0 Å². The zero-order valence-corrected chi connectivity index (χ0v) is 20.3. The highest BCUT2D eigenvalue weighted by molar-refractivity contribution is 7.99. The number of thioether (sulfide) groups is 1. The number of hydrogen-bond donors (Lipinski definition) is 0. The lowest BCUT2D eigenvalue weighted by Gasteiger charge is -2.27. The Bertz CT molecular complexity index is 1370. The molecule has 6 nitrogen and oxygen atoms in total. The van der Waals surface area contributed by atoms with Crippen molar-refractivity contribution in [1.29, 1.82) is 0 Å². The minimum absolute atomic E-state index is 0.0390. The van der Waals surface area contributed by atoms with Crippen LogP contribution in [0.5, 0.6) is 0 Å². The molecule has 5 rings (SSSR count).